The van der Waals surface area contributed by atoms with Gasteiger partial charge >= 0.3 is 0 Å². The van der Waals surface area contributed by atoms with Gasteiger partial charge in [0.05, 0.1) is 0 Å². The van der Waals surface area contributed by atoms with Crippen molar-refractivity contribution in [2.24, 2.45) is 7.05 Å². The third-order valence-corrected chi connectivity index (χ3v) is 2.21. The van der Waals surface area contributed by atoms with Crippen LogP contribution in [0.5, 0.6) is 0 Å². The van der Waals surface area contributed by atoms with E-state index in [1.54, 1.807) is 30.1 Å². The minimum Gasteiger partial charge on any atom is -0.354 e. The molecule has 0 aliphatic heterocycles. The minimum atomic E-state index is -0.213. The van der Waals surface area contributed by atoms with Crippen molar-refractivity contribution in [2.45, 2.75) is 0 Å². The van der Waals surface area contributed by atoms with Crippen molar-refractivity contribution in [3.05, 3.63) is 36.3 Å². The number of hydrogen-bond donors (Lipinski definition) is 2. The van der Waals surface area contributed by atoms with E-state index in [-0.39, 0.29) is 5.91 Å². The number of pyridine rings is 1. The average Bonchev–Trinajstić information content (AvgIpc) is 2.74. The Morgan fingerprint density at radius 1 is 1.41 bits per heavy atom. The first-order valence-corrected chi connectivity index (χ1v) is 5.14. The van der Waals surface area contributed by atoms with Crippen LogP contribution in [0.15, 0.2) is 30.6 Å². The summed E-state index contributed by atoms with van der Waals surface area (Å²) in [6.07, 6.45) is 3.42. The fraction of sp³-hybridized carbons (Fsp3) is 0.182. The second kappa shape index (κ2) is 4.65. The van der Waals surface area contributed by atoms with E-state index in [9.17, 15) is 4.79 Å². The number of aryl methyl sites for hydroxylation is 1. The zero-order valence-corrected chi connectivity index (χ0v) is 9.64. The fourth-order valence-corrected chi connectivity index (χ4v) is 1.39. The van der Waals surface area contributed by atoms with E-state index < -0.39 is 0 Å². The van der Waals surface area contributed by atoms with Crippen molar-refractivity contribution < 1.29 is 4.79 Å². The van der Waals surface area contributed by atoms with Crippen LogP contribution in [0.4, 0.5) is 11.5 Å². The Balaban J connectivity index is 2.19. The Kier molecular flexibility index (Phi) is 3.04. The molecule has 0 aliphatic carbocycles. The van der Waals surface area contributed by atoms with Crippen molar-refractivity contribution >= 4 is 17.4 Å². The molecule has 88 valence electrons. The summed E-state index contributed by atoms with van der Waals surface area (Å²) in [6, 6.07) is 5.30. The van der Waals surface area contributed by atoms with Crippen LogP contribution < -0.4 is 10.6 Å². The lowest BCUT2D eigenvalue weighted by molar-refractivity contribution is 0.0958. The Hall–Kier alpha value is -2.37. The number of amides is 1. The number of nitrogens with zero attached hydrogens (tertiary/aromatic N) is 3. The predicted octanol–water partition coefficient (Wildman–Crippen LogP) is 0.918. The summed E-state index contributed by atoms with van der Waals surface area (Å²) in [5.41, 5.74) is 1.14. The molecule has 0 spiro atoms. The summed E-state index contributed by atoms with van der Waals surface area (Å²) < 4.78 is 1.70. The number of carbonyl (C=O) groups is 1. The van der Waals surface area contributed by atoms with Crippen molar-refractivity contribution in [1.29, 1.82) is 0 Å². The molecule has 2 aromatic rings. The van der Waals surface area contributed by atoms with Gasteiger partial charge in [-0.2, -0.15) is 5.10 Å². The molecule has 0 aliphatic rings. The first-order valence-electron chi connectivity index (χ1n) is 5.14. The maximum Gasteiger partial charge on any atom is 0.269 e. The molecular weight excluding hydrogens is 218 g/mol. The number of hydrogen-bond acceptors (Lipinski definition) is 4. The Labute approximate surface area is 98.7 Å². The van der Waals surface area contributed by atoms with E-state index in [0.29, 0.717) is 5.69 Å². The molecule has 6 heteroatoms. The molecule has 17 heavy (non-hydrogen) atoms. The molecule has 0 saturated heterocycles. The van der Waals surface area contributed by atoms with E-state index in [0.717, 1.165) is 11.5 Å². The largest absolute Gasteiger partial charge is 0.354 e. The highest BCUT2D eigenvalue weighted by Crippen LogP contribution is 2.14. The second-order valence-electron chi connectivity index (χ2n) is 3.51. The van der Waals surface area contributed by atoms with Crippen LogP contribution in [0.1, 0.15) is 10.5 Å². The second-order valence-corrected chi connectivity index (χ2v) is 3.51. The molecule has 0 fully saturated rings. The molecule has 1 amide bonds. The normalized spacial score (nSPS) is 10.0. The first-order chi connectivity index (χ1) is 8.19. The van der Waals surface area contributed by atoms with Gasteiger partial charge in [0.15, 0.2) is 5.82 Å². The van der Waals surface area contributed by atoms with Crippen LogP contribution in [0.3, 0.4) is 0 Å². The fourth-order valence-electron chi connectivity index (χ4n) is 1.39. The third kappa shape index (κ3) is 2.60. The molecule has 2 rings (SSSR count). The van der Waals surface area contributed by atoms with Gasteiger partial charge in [0, 0.05) is 38.2 Å². The molecule has 0 saturated carbocycles. The van der Waals surface area contributed by atoms with E-state index in [4.69, 9.17) is 0 Å². The van der Waals surface area contributed by atoms with Crippen LogP contribution in [0.25, 0.3) is 0 Å². The summed E-state index contributed by atoms with van der Waals surface area (Å²) in [6.45, 7) is 0. The SMILES string of the molecule is CNC(=O)c1cc(Nc2ccn(C)n2)ccn1. The molecule has 2 aromatic heterocycles. The standard InChI is InChI=1S/C11H13N5O/c1-12-11(17)9-7-8(3-5-13-9)14-10-4-6-16(2)15-10/h3-7H,1-2H3,(H,12,17)(H,13,14,15). The van der Waals surface area contributed by atoms with Gasteiger partial charge in [-0.1, -0.05) is 0 Å². The highest BCUT2D eigenvalue weighted by molar-refractivity contribution is 5.92. The summed E-state index contributed by atoms with van der Waals surface area (Å²) >= 11 is 0. The smallest absolute Gasteiger partial charge is 0.269 e. The average molecular weight is 231 g/mol. The van der Waals surface area contributed by atoms with Crippen LogP contribution in [0, 0.1) is 0 Å². The minimum absolute atomic E-state index is 0.213. The monoisotopic (exact) mass is 231 g/mol. The van der Waals surface area contributed by atoms with Crippen molar-refractivity contribution in [1.82, 2.24) is 20.1 Å². The van der Waals surface area contributed by atoms with Crippen LogP contribution in [0.2, 0.25) is 0 Å². The van der Waals surface area contributed by atoms with Gasteiger partial charge in [0.2, 0.25) is 0 Å². The number of aromatic nitrogens is 3. The summed E-state index contributed by atoms with van der Waals surface area (Å²) in [5.74, 6) is 0.510. The van der Waals surface area contributed by atoms with E-state index in [1.165, 1.54) is 0 Å². The van der Waals surface area contributed by atoms with E-state index >= 15 is 0 Å². The number of carbonyl (C=O) groups excluding carboxylic acids is 1. The molecule has 0 aromatic carbocycles. The topological polar surface area (TPSA) is 71.8 Å². The molecule has 0 bridgehead atoms. The lowest BCUT2D eigenvalue weighted by Crippen LogP contribution is -2.19. The number of nitrogens with one attached hydrogen (secondary N) is 2. The molecule has 2 N–H and O–H groups in total. The highest BCUT2D eigenvalue weighted by atomic mass is 16.1. The maximum atomic E-state index is 11.4. The zero-order chi connectivity index (χ0) is 12.3. The molecule has 6 nitrogen and oxygen atoms in total. The molecular formula is C11H13N5O. The number of rotatable bonds is 3. The lowest BCUT2D eigenvalue weighted by atomic mass is 10.3. The van der Waals surface area contributed by atoms with Gasteiger partial charge < -0.3 is 10.6 Å². The van der Waals surface area contributed by atoms with E-state index in [2.05, 4.69) is 20.7 Å². The summed E-state index contributed by atoms with van der Waals surface area (Å²) in [5, 5.41) is 9.80. The third-order valence-electron chi connectivity index (χ3n) is 2.21. The molecule has 0 atom stereocenters. The van der Waals surface area contributed by atoms with Gasteiger partial charge in [-0.3, -0.25) is 14.5 Å². The van der Waals surface area contributed by atoms with Gasteiger partial charge in [0.1, 0.15) is 5.69 Å². The Morgan fingerprint density at radius 2 is 2.24 bits per heavy atom. The summed E-state index contributed by atoms with van der Waals surface area (Å²) in [7, 11) is 3.41. The van der Waals surface area contributed by atoms with Gasteiger partial charge in [-0.15, -0.1) is 0 Å². The Bertz CT molecular complexity index is 534. The van der Waals surface area contributed by atoms with E-state index in [1.807, 2.05) is 19.3 Å². The highest BCUT2D eigenvalue weighted by Gasteiger charge is 2.05. The van der Waals surface area contributed by atoms with Crippen LogP contribution >= 0.6 is 0 Å². The van der Waals surface area contributed by atoms with Crippen LogP contribution in [-0.2, 0) is 7.05 Å². The van der Waals surface area contributed by atoms with Crippen molar-refractivity contribution in [3.8, 4) is 0 Å². The molecule has 0 radical (unpaired) electrons. The lowest BCUT2D eigenvalue weighted by Gasteiger charge is -2.04. The molecule has 2 heterocycles. The van der Waals surface area contributed by atoms with Gasteiger partial charge in [-0.25, -0.2) is 0 Å². The van der Waals surface area contributed by atoms with Crippen LogP contribution in [-0.4, -0.2) is 27.7 Å². The Morgan fingerprint density at radius 3 is 2.88 bits per heavy atom. The quantitative estimate of drug-likeness (QED) is 0.824. The first kappa shape index (κ1) is 11.1. The van der Waals surface area contributed by atoms with Crippen molar-refractivity contribution in [3.63, 3.8) is 0 Å². The molecule has 0 unspecified atom stereocenters. The predicted molar refractivity (Wildman–Crippen MR) is 64.1 cm³/mol. The van der Waals surface area contributed by atoms with Crippen molar-refractivity contribution in [2.75, 3.05) is 12.4 Å². The summed E-state index contributed by atoms with van der Waals surface area (Å²) in [4.78, 5) is 15.4. The maximum absolute atomic E-state index is 11.4. The van der Waals surface area contributed by atoms with Gasteiger partial charge in [-0.05, 0) is 12.1 Å². The van der Waals surface area contributed by atoms with Gasteiger partial charge in [0.25, 0.3) is 5.91 Å². The zero-order valence-electron chi connectivity index (χ0n) is 9.64. The number of anilines is 2.